The molecule has 128 valence electrons. The van der Waals surface area contributed by atoms with Crippen molar-refractivity contribution in [2.75, 3.05) is 18.8 Å². The monoisotopic (exact) mass is 419 g/mol. The normalized spacial score (nSPS) is 14.5. The van der Waals surface area contributed by atoms with Crippen LogP contribution in [0.3, 0.4) is 0 Å². The van der Waals surface area contributed by atoms with Crippen molar-refractivity contribution in [1.29, 1.82) is 0 Å². The van der Waals surface area contributed by atoms with Crippen LogP contribution in [-0.4, -0.2) is 45.7 Å². The minimum atomic E-state index is -0.0236. The maximum absolute atomic E-state index is 12.2. The predicted octanol–water partition coefficient (Wildman–Crippen LogP) is 3.37. The highest BCUT2D eigenvalue weighted by Crippen LogP contribution is 2.26. The van der Waals surface area contributed by atoms with Crippen molar-refractivity contribution < 1.29 is 13.9 Å². The number of likely N-dealkylation sites (tertiary alicyclic amines) is 1. The molecule has 4 rings (SSSR count). The van der Waals surface area contributed by atoms with Gasteiger partial charge in [-0.15, -0.1) is 0 Å². The van der Waals surface area contributed by atoms with Gasteiger partial charge in [-0.05, 0) is 40.2 Å². The molecule has 2 aromatic heterocycles. The summed E-state index contributed by atoms with van der Waals surface area (Å²) in [6.45, 7) is 1.13. The van der Waals surface area contributed by atoms with Gasteiger partial charge in [0, 0.05) is 6.20 Å². The minimum Gasteiger partial charge on any atom is -0.470 e. The van der Waals surface area contributed by atoms with Gasteiger partial charge in [-0.3, -0.25) is 4.79 Å². The number of fused-ring (bicyclic) bond motifs is 1. The number of pyridine rings is 1. The summed E-state index contributed by atoms with van der Waals surface area (Å²) in [6, 6.07) is 11.3. The SMILES string of the molecule is O=C(CSc1nc2ccccc2o1)N1CC(Oc2ncccc2Br)C1. The molecule has 6 nitrogen and oxygen atoms in total. The molecule has 25 heavy (non-hydrogen) atoms. The summed E-state index contributed by atoms with van der Waals surface area (Å²) in [5, 5.41) is 0.514. The molecule has 3 aromatic rings. The largest absolute Gasteiger partial charge is 0.470 e. The van der Waals surface area contributed by atoms with Gasteiger partial charge in [0.2, 0.25) is 11.8 Å². The molecule has 0 radical (unpaired) electrons. The zero-order valence-corrected chi connectivity index (χ0v) is 15.5. The molecule has 0 spiro atoms. The van der Waals surface area contributed by atoms with E-state index in [0.717, 1.165) is 15.6 Å². The van der Waals surface area contributed by atoms with Gasteiger partial charge in [0.05, 0.1) is 23.3 Å². The average Bonchev–Trinajstić information content (AvgIpc) is 3.00. The van der Waals surface area contributed by atoms with E-state index in [1.54, 1.807) is 11.1 Å². The zero-order valence-electron chi connectivity index (χ0n) is 13.1. The Bertz CT molecular complexity index is 878. The maximum atomic E-state index is 12.2. The van der Waals surface area contributed by atoms with E-state index in [1.165, 1.54) is 11.8 Å². The number of benzene rings is 1. The first-order valence-corrected chi connectivity index (χ1v) is 9.50. The van der Waals surface area contributed by atoms with Crippen molar-refractivity contribution in [1.82, 2.24) is 14.9 Å². The van der Waals surface area contributed by atoms with E-state index >= 15 is 0 Å². The molecule has 8 heteroatoms. The zero-order chi connectivity index (χ0) is 17.2. The Labute approximate surface area is 156 Å². The van der Waals surface area contributed by atoms with Gasteiger partial charge in [0.15, 0.2) is 5.58 Å². The van der Waals surface area contributed by atoms with Crippen molar-refractivity contribution in [3.63, 3.8) is 0 Å². The van der Waals surface area contributed by atoms with Crippen LogP contribution in [0.1, 0.15) is 0 Å². The van der Waals surface area contributed by atoms with Crippen LogP contribution in [0.5, 0.6) is 5.88 Å². The molecule has 1 amide bonds. The molecule has 0 saturated carbocycles. The van der Waals surface area contributed by atoms with E-state index in [0.29, 0.717) is 29.9 Å². The number of amides is 1. The molecule has 1 saturated heterocycles. The molecular formula is C17H14BrN3O3S. The molecule has 1 aliphatic rings. The van der Waals surface area contributed by atoms with E-state index in [2.05, 4.69) is 25.9 Å². The second-order valence-electron chi connectivity index (χ2n) is 5.57. The van der Waals surface area contributed by atoms with Gasteiger partial charge in [-0.2, -0.15) is 0 Å². The number of oxazole rings is 1. The number of hydrogen-bond donors (Lipinski definition) is 0. The van der Waals surface area contributed by atoms with Gasteiger partial charge >= 0.3 is 0 Å². The number of carbonyl (C=O) groups is 1. The molecule has 1 fully saturated rings. The van der Waals surface area contributed by atoms with Crippen LogP contribution in [0.4, 0.5) is 0 Å². The number of nitrogens with zero attached hydrogens (tertiary/aromatic N) is 3. The highest BCUT2D eigenvalue weighted by Gasteiger charge is 2.32. The summed E-state index contributed by atoms with van der Waals surface area (Å²) in [5.41, 5.74) is 1.53. The van der Waals surface area contributed by atoms with Crippen LogP contribution in [-0.2, 0) is 4.79 Å². The maximum Gasteiger partial charge on any atom is 0.257 e. The molecule has 3 heterocycles. The van der Waals surface area contributed by atoms with Crippen molar-refractivity contribution in [2.24, 2.45) is 0 Å². The van der Waals surface area contributed by atoms with Crippen molar-refractivity contribution >= 4 is 44.7 Å². The molecule has 0 N–H and O–H groups in total. The molecule has 0 bridgehead atoms. The molecule has 0 aliphatic carbocycles. The molecule has 0 unspecified atom stereocenters. The summed E-state index contributed by atoms with van der Waals surface area (Å²) >= 11 is 4.71. The Morgan fingerprint density at radius 1 is 1.32 bits per heavy atom. The third kappa shape index (κ3) is 3.64. The van der Waals surface area contributed by atoms with Crippen LogP contribution in [0.25, 0.3) is 11.1 Å². The van der Waals surface area contributed by atoms with Crippen LogP contribution >= 0.6 is 27.7 Å². The van der Waals surface area contributed by atoms with Crippen molar-refractivity contribution in [3.05, 3.63) is 47.1 Å². The Morgan fingerprint density at radius 2 is 2.16 bits per heavy atom. The number of ether oxygens (including phenoxy) is 1. The van der Waals surface area contributed by atoms with Crippen LogP contribution in [0.15, 0.2) is 56.7 Å². The molecule has 1 aromatic carbocycles. The molecular weight excluding hydrogens is 406 g/mol. The summed E-state index contributed by atoms with van der Waals surface area (Å²) in [4.78, 5) is 22.5. The second kappa shape index (κ2) is 7.05. The van der Waals surface area contributed by atoms with Gasteiger partial charge in [-0.1, -0.05) is 23.9 Å². The Hall–Kier alpha value is -2.06. The van der Waals surface area contributed by atoms with Crippen molar-refractivity contribution in [2.45, 2.75) is 11.3 Å². The summed E-state index contributed by atoms with van der Waals surface area (Å²) in [6.07, 6.45) is 1.66. The molecule has 1 aliphatic heterocycles. The number of rotatable bonds is 5. The summed E-state index contributed by atoms with van der Waals surface area (Å²) < 4.78 is 12.2. The summed E-state index contributed by atoms with van der Waals surface area (Å²) in [5.74, 6) is 0.903. The van der Waals surface area contributed by atoms with Gasteiger partial charge in [0.25, 0.3) is 5.22 Å². The fourth-order valence-electron chi connectivity index (χ4n) is 2.46. The van der Waals surface area contributed by atoms with Crippen LogP contribution in [0.2, 0.25) is 0 Å². The number of para-hydroxylation sites is 2. The van der Waals surface area contributed by atoms with Crippen molar-refractivity contribution in [3.8, 4) is 5.88 Å². The Morgan fingerprint density at radius 3 is 2.96 bits per heavy atom. The highest BCUT2D eigenvalue weighted by molar-refractivity contribution is 9.10. The van der Waals surface area contributed by atoms with E-state index in [-0.39, 0.29) is 12.0 Å². The fraction of sp³-hybridized carbons (Fsp3) is 0.235. The quantitative estimate of drug-likeness (QED) is 0.590. The van der Waals surface area contributed by atoms with Gasteiger partial charge in [0.1, 0.15) is 11.6 Å². The Balaban J connectivity index is 1.26. The van der Waals surface area contributed by atoms with Crippen LogP contribution in [0, 0.1) is 0 Å². The lowest BCUT2D eigenvalue weighted by Crippen LogP contribution is -2.56. The number of thioether (sulfide) groups is 1. The first kappa shape index (κ1) is 16.4. The topological polar surface area (TPSA) is 68.5 Å². The Kier molecular flexibility index (Phi) is 4.63. The second-order valence-corrected chi connectivity index (χ2v) is 7.35. The first-order valence-electron chi connectivity index (χ1n) is 7.72. The summed E-state index contributed by atoms with van der Waals surface area (Å²) in [7, 11) is 0. The number of hydrogen-bond acceptors (Lipinski definition) is 6. The van der Waals surface area contributed by atoms with E-state index in [4.69, 9.17) is 9.15 Å². The predicted molar refractivity (Wildman–Crippen MR) is 97.7 cm³/mol. The molecule has 0 atom stereocenters. The van der Waals surface area contributed by atoms with E-state index in [1.807, 2.05) is 36.4 Å². The average molecular weight is 420 g/mol. The smallest absolute Gasteiger partial charge is 0.257 e. The van der Waals surface area contributed by atoms with Gasteiger partial charge in [-0.25, -0.2) is 9.97 Å². The minimum absolute atomic E-state index is 0.0236. The number of carbonyl (C=O) groups excluding carboxylic acids is 1. The fourth-order valence-corrected chi connectivity index (χ4v) is 3.55. The lowest BCUT2D eigenvalue weighted by molar-refractivity contribution is -0.137. The highest BCUT2D eigenvalue weighted by atomic mass is 79.9. The van der Waals surface area contributed by atoms with Gasteiger partial charge < -0.3 is 14.1 Å². The standard InChI is InChI=1S/C17H14BrN3O3S/c18-12-4-3-7-19-16(12)23-11-8-21(9-11)15(22)10-25-17-20-13-5-1-2-6-14(13)24-17/h1-7,11H,8-10H2. The third-order valence-electron chi connectivity index (χ3n) is 3.80. The lowest BCUT2D eigenvalue weighted by Gasteiger charge is -2.38. The van der Waals surface area contributed by atoms with E-state index in [9.17, 15) is 4.79 Å². The lowest BCUT2D eigenvalue weighted by atomic mass is 10.2. The first-order chi connectivity index (χ1) is 12.2. The number of aromatic nitrogens is 2. The van der Waals surface area contributed by atoms with Crippen LogP contribution < -0.4 is 4.74 Å². The third-order valence-corrected chi connectivity index (χ3v) is 5.21. The number of halogens is 1. The van der Waals surface area contributed by atoms with E-state index < -0.39 is 0 Å².